The minimum atomic E-state index is -1.24. The van der Waals surface area contributed by atoms with Gasteiger partial charge < -0.3 is 10.2 Å². The Labute approximate surface area is 59.4 Å². The van der Waals surface area contributed by atoms with Gasteiger partial charge in [0.15, 0.2) is 0 Å². The van der Waals surface area contributed by atoms with Gasteiger partial charge in [-0.1, -0.05) is 0 Å². The van der Waals surface area contributed by atoms with E-state index in [9.17, 15) is 4.21 Å². The molecule has 52 valence electrons. The number of phenols is 2. The van der Waals surface area contributed by atoms with Crippen LogP contribution in [0.25, 0.3) is 0 Å². The summed E-state index contributed by atoms with van der Waals surface area (Å²) >= 11 is 0. The molecule has 0 saturated carbocycles. The third kappa shape index (κ3) is 0.515. The van der Waals surface area contributed by atoms with Gasteiger partial charge in [-0.15, -0.1) is 0 Å². The summed E-state index contributed by atoms with van der Waals surface area (Å²) in [5.74, 6) is 0.0114. The lowest BCUT2D eigenvalue weighted by atomic mass is 10.3. The second-order valence-corrected chi connectivity index (χ2v) is 3.38. The number of phenolic OH excluding ortho intramolecular Hbond substituents is 2. The standard InChI is InChI=1S/C6H4O3S/c7-3-1-2-4(8)6-5(3)10(6)9/h1-2,7-8H. The first-order valence-electron chi connectivity index (χ1n) is 2.68. The van der Waals surface area contributed by atoms with Crippen molar-refractivity contribution in [1.82, 2.24) is 0 Å². The van der Waals surface area contributed by atoms with E-state index in [0.29, 0.717) is 9.79 Å². The Hall–Kier alpha value is -1.03. The average molecular weight is 156 g/mol. The summed E-state index contributed by atoms with van der Waals surface area (Å²) < 4.78 is 10.8. The zero-order chi connectivity index (χ0) is 7.30. The Bertz CT molecular complexity index is 301. The molecule has 0 radical (unpaired) electrons. The van der Waals surface area contributed by atoms with E-state index in [1.165, 1.54) is 12.1 Å². The fourth-order valence-corrected chi connectivity index (χ4v) is 1.96. The molecule has 0 spiro atoms. The van der Waals surface area contributed by atoms with Crippen LogP contribution < -0.4 is 0 Å². The van der Waals surface area contributed by atoms with Crippen LogP contribution in [0.3, 0.4) is 0 Å². The molecule has 0 saturated heterocycles. The zero-order valence-corrected chi connectivity index (χ0v) is 5.68. The number of aromatic hydroxyl groups is 2. The number of hydrogen-bond acceptors (Lipinski definition) is 3. The fraction of sp³-hybridized carbons (Fsp3) is 0. The number of hydrogen-bond donors (Lipinski definition) is 2. The maximum absolute atomic E-state index is 10.8. The van der Waals surface area contributed by atoms with Gasteiger partial charge in [0.05, 0.1) is 10.8 Å². The van der Waals surface area contributed by atoms with E-state index < -0.39 is 10.8 Å². The highest BCUT2D eigenvalue weighted by atomic mass is 32.2. The lowest BCUT2D eigenvalue weighted by Crippen LogP contribution is -1.60. The average Bonchev–Trinajstić information content (AvgIpc) is 2.55. The van der Waals surface area contributed by atoms with E-state index in [4.69, 9.17) is 10.2 Å². The maximum Gasteiger partial charge on any atom is 0.133 e. The van der Waals surface area contributed by atoms with Gasteiger partial charge >= 0.3 is 0 Å². The third-order valence-corrected chi connectivity index (χ3v) is 2.76. The number of benzene rings is 1. The molecule has 3 nitrogen and oxygen atoms in total. The second-order valence-electron chi connectivity index (χ2n) is 2.03. The molecule has 4 heteroatoms. The lowest BCUT2D eigenvalue weighted by Gasteiger charge is -1.85. The van der Waals surface area contributed by atoms with Crippen molar-refractivity contribution in [3.05, 3.63) is 12.1 Å². The molecule has 2 N–H and O–H groups in total. The van der Waals surface area contributed by atoms with Gasteiger partial charge in [-0.2, -0.15) is 0 Å². The van der Waals surface area contributed by atoms with Crippen LogP contribution in [-0.4, -0.2) is 14.4 Å². The van der Waals surface area contributed by atoms with Crippen LogP contribution >= 0.6 is 0 Å². The summed E-state index contributed by atoms with van der Waals surface area (Å²) in [6, 6.07) is 2.66. The minimum Gasteiger partial charge on any atom is -0.507 e. The van der Waals surface area contributed by atoms with Gasteiger partial charge in [-0.05, 0) is 12.1 Å². The summed E-state index contributed by atoms with van der Waals surface area (Å²) in [7, 11) is -1.24. The van der Waals surface area contributed by atoms with Crippen LogP contribution in [0.4, 0.5) is 0 Å². The molecule has 10 heavy (non-hydrogen) atoms. The molecule has 1 heterocycles. The number of rotatable bonds is 0. The van der Waals surface area contributed by atoms with Crippen LogP contribution in [0.5, 0.6) is 11.5 Å². The van der Waals surface area contributed by atoms with E-state index in [2.05, 4.69) is 0 Å². The zero-order valence-electron chi connectivity index (χ0n) is 4.87. The lowest BCUT2D eigenvalue weighted by molar-refractivity contribution is 0.442. The Balaban J connectivity index is 2.75. The SMILES string of the molecule is O=S1c2c(O)ccc(O)c21. The topological polar surface area (TPSA) is 57.5 Å². The van der Waals surface area contributed by atoms with Crippen molar-refractivity contribution < 1.29 is 14.4 Å². The quantitative estimate of drug-likeness (QED) is 0.433. The molecule has 0 amide bonds. The first-order chi connectivity index (χ1) is 4.72. The Morgan fingerprint density at radius 2 is 1.50 bits per heavy atom. The van der Waals surface area contributed by atoms with Crippen molar-refractivity contribution in [2.75, 3.05) is 0 Å². The highest BCUT2D eigenvalue weighted by Gasteiger charge is 2.36. The molecule has 0 unspecified atom stereocenters. The van der Waals surface area contributed by atoms with E-state index in [1.807, 2.05) is 0 Å². The molecule has 2 rings (SSSR count). The molecule has 0 bridgehead atoms. The van der Waals surface area contributed by atoms with Crippen LogP contribution in [0, 0.1) is 0 Å². The summed E-state index contributed by atoms with van der Waals surface area (Å²) in [6.07, 6.45) is 0. The van der Waals surface area contributed by atoms with Gasteiger partial charge in [-0.25, -0.2) is 4.21 Å². The Morgan fingerprint density at radius 3 is 1.90 bits per heavy atom. The van der Waals surface area contributed by atoms with Crippen molar-refractivity contribution >= 4 is 10.8 Å². The maximum atomic E-state index is 10.8. The minimum absolute atomic E-state index is 0.00568. The third-order valence-electron chi connectivity index (χ3n) is 1.40. The summed E-state index contributed by atoms with van der Waals surface area (Å²) in [4.78, 5) is 0.750. The summed E-state index contributed by atoms with van der Waals surface area (Å²) in [5.41, 5.74) is 0. The van der Waals surface area contributed by atoms with Gasteiger partial charge in [0, 0.05) is 0 Å². The molecule has 1 aliphatic heterocycles. The molecule has 1 aromatic carbocycles. The van der Waals surface area contributed by atoms with Crippen molar-refractivity contribution in [2.24, 2.45) is 0 Å². The molecule has 1 aliphatic rings. The van der Waals surface area contributed by atoms with Crippen molar-refractivity contribution in [2.45, 2.75) is 9.79 Å². The van der Waals surface area contributed by atoms with Crippen LogP contribution in [0.15, 0.2) is 21.9 Å². The largest absolute Gasteiger partial charge is 0.507 e. The summed E-state index contributed by atoms with van der Waals surface area (Å²) in [6.45, 7) is 0. The highest BCUT2D eigenvalue weighted by Crippen LogP contribution is 2.48. The molecule has 0 aromatic heterocycles. The first kappa shape index (κ1) is 5.73. The monoisotopic (exact) mass is 156 g/mol. The van der Waals surface area contributed by atoms with Crippen LogP contribution in [0.1, 0.15) is 0 Å². The van der Waals surface area contributed by atoms with Crippen molar-refractivity contribution in [1.29, 1.82) is 0 Å². The second kappa shape index (κ2) is 1.52. The predicted molar refractivity (Wildman–Crippen MR) is 34.4 cm³/mol. The van der Waals surface area contributed by atoms with Crippen molar-refractivity contribution in [3.8, 4) is 11.5 Å². The predicted octanol–water partition coefficient (Wildman–Crippen LogP) is 0.578. The van der Waals surface area contributed by atoms with E-state index >= 15 is 0 Å². The van der Waals surface area contributed by atoms with Crippen molar-refractivity contribution in [3.63, 3.8) is 0 Å². The first-order valence-corrected chi connectivity index (χ1v) is 3.83. The number of fused-ring (bicyclic) bond motifs is 1. The van der Waals surface area contributed by atoms with Crippen LogP contribution in [-0.2, 0) is 10.8 Å². The van der Waals surface area contributed by atoms with E-state index in [0.717, 1.165) is 0 Å². The van der Waals surface area contributed by atoms with E-state index in [1.54, 1.807) is 0 Å². The smallest absolute Gasteiger partial charge is 0.133 e. The molecular formula is C6H4O3S. The molecule has 0 aliphatic carbocycles. The van der Waals surface area contributed by atoms with Crippen LogP contribution in [0.2, 0.25) is 0 Å². The summed E-state index contributed by atoms with van der Waals surface area (Å²) in [5, 5.41) is 17.9. The molecular weight excluding hydrogens is 152 g/mol. The van der Waals surface area contributed by atoms with Gasteiger partial charge in [0.2, 0.25) is 0 Å². The van der Waals surface area contributed by atoms with Gasteiger partial charge in [-0.3, -0.25) is 0 Å². The molecule has 1 aromatic rings. The molecule has 0 fully saturated rings. The fourth-order valence-electron chi connectivity index (χ4n) is 0.867. The Morgan fingerprint density at radius 1 is 1.10 bits per heavy atom. The molecule has 0 atom stereocenters. The highest BCUT2D eigenvalue weighted by molar-refractivity contribution is 7.91. The van der Waals surface area contributed by atoms with E-state index in [-0.39, 0.29) is 11.5 Å². The Kier molecular flexibility index (Phi) is 0.870. The van der Waals surface area contributed by atoms with Gasteiger partial charge in [0.1, 0.15) is 21.3 Å². The normalized spacial score (nSPS) is 14.8. The van der Waals surface area contributed by atoms with Gasteiger partial charge in [0.25, 0.3) is 0 Å².